The van der Waals surface area contributed by atoms with Crippen molar-refractivity contribution in [3.05, 3.63) is 65.1 Å². The molecule has 2 aromatic heterocycles. The molecule has 1 aliphatic rings. The van der Waals surface area contributed by atoms with E-state index in [4.69, 9.17) is 9.72 Å². The summed E-state index contributed by atoms with van der Waals surface area (Å²) in [6.07, 6.45) is 1.55. The number of fused-ring (bicyclic) bond motifs is 4. The monoisotopic (exact) mass is 429 g/mol. The molecule has 0 fully saturated rings. The summed E-state index contributed by atoms with van der Waals surface area (Å²) >= 11 is 0. The number of carbonyl (C=O) groups excluding carboxylic acids is 1. The zero-order valence-corrected chi connectivity index (χ0v) is 18.8. The van der Waals surface area contributed by atoms with Gasteiger partial charge in [-0.05, 0) is 37.0 Å². The summed E-state index contributed by atoms with van der Waals surface area (Å²) in [5, 5.41) is 10.7. The first-order valence-corrected chi connectivity index (χ1v) is 10.9. The Kier molecular flexibility index (Phi) is 4.96. The molecule has 1 amide bonds. The lowest BCUT2D eigenvalue weighted by Gasteiger charge is -2.23. The Balaban J connectivity index is 1.48. The maximum atomic E-state index is 13.4. The van der Waals surface area contributed by atoms with Gasteiger partial charge >= 0.3 is 0 Å². The highest BCUT2D eigenvalue weighted by atomic mass is 16.5. The van der Waals surface area contributed by atoms with E-state index in [0.717, 1.165) is 57.8 Å². The van der Waals surface area contributed by atoms with Crippen LogP contribution in [0.5, 0.6) is 5.75 Å². The summed E-state index contributed by atoms with van der Waals surface area (Å²) in [6.45, 7) is 4.19. The van der Waals surface area contributed by atoms with Gasteiger partial charge in [-0.25, -0.2) is 4.98 Å². The fourth-order valence-corrected chi connectivity index (χ4v) is 4.69. The van der Waals surface area contributed by atoms with Crippen molar-refractivity contribution >= 4 is 16.9 Å². The van der Waals surface area contributed by atoms with Crippen LogP contribution in [-0.4, -0.2) is 32.8 Å². The second-order valence-electron chi connectivity index (χ2n) is 8.63. The molecule has 1 atom stereocenters. The highest BCUT2D eigenvalue weighted by molar-refractivity contribution is 5.96. The quantitative estimate of drug-likeness (QED) is 0.498. The molecule has 0 saturated carbocycles. The number of aryl methyl sites for hydroxylation is 1. The Morgan fingerprint density at radius 2 is 1.91 bits per heavy atom. The third kappa shape index (κ3) is 3.16. The lowest BCUT2D eigenvalue weighted by atomic mass is 9.88. The number of nitrogens with one attached hydrogen (secondary N) is 2. The van der Waals surface area contributed by atoms with E-state index in [1.54, 1.807) is 7.11 Å². The summed E-state index contributed by atoms with van der Waals surface area (Å²) in [7, 11) is 3.68. The number of carbonyl (C=O) groups is 1. The van der Waals surface area contributed by atoms with Crippen molar-refractivity contribution in [1.29, 1.82) is 0 Å². The minimum absolute atomic E-state index is 0.157. The molecular weight excluding hydrogens is 402 g/mol. The van der Waals surface area contributed by atoms with Crippen molar-refractivity contribution in [1.82, 2.24) is 25.1 Å². The fraction of sp³-hybridized carbons (Fsp3) is 0.320. The number of aromatic nitrogens is 4. The molecule has 0 saturated heterocycles. The Labute approximate surface area is 186 Å². The van der Waals surface area contributed by atoms with Crippen LogP contribution in [0.15, 0.2) is 42.5 Å². The molecule has 5 rings (SSSR count). The third-order valence-corrected chi connectivity index (χ3v) is 6.38. The molecule has 7 nitrogen and oxygen atoms in total. The van der Waals surface area contributed by atoms with Crippen LogP contribution in [0, 0.1) is 5.92 Å². The molecule has 0 radical (unpaired) electrons. The minimum atomic E-state index is -0.227. The van der Waals surface area contributed by atoms with Crippen LogP contribution in [0.25, 0.3) is 22.3 Å². The van der Waals surface area contributed by atoms with E-state index in [0.29, 0.717) is 5.69 Å². The molecule has 32 heavy (non-hydrogen) atoms. The van der Waals surface area contributed by atoms with Crippen molar-refractivity contribution in [2.24, 2.45) is 13.0 Å². The number of imidazole rings is 1. The summed E-state index contributed by atoms with van der Waals surface area (Å²) in [6, 6.07) is 13.8. The van der Waals surface area contributed by atoms with Gasteiger partial charge in [-0.3, -0.25) is 9.89 Å². The van der Waals surface area contributed by atoms with E-state index >= 15 is 0 Å². The molecule has 2 N–H and O–H groups in total. The van der Waals surface area contributed by atoms with Crippen molar-refractivity contribution in [3.8, 4) is 17.0 Å². The molecule has 164 valence electrons. The van der Waals surface area contributed by atoms with Gasteiger partial charge in [0.15, 0.2) is 0 Å². The maximum absolute atomic E-state index is 13.4. The summed E-state index contributed by atoms with van der Waals surface area (Å²) in [5.41, 5.74) is 6.45. The number of nitrogens with zero attached hydrogens (tertiary/aromatic N) is 3. The van der Waals surface area contributed by atoms with Gasteiger partial charge in [-0.15, -0.1) is 0 Å². The number of hydrogen-bond acceptors (Lipinski definition) is 4. The van der Waals surface area contributed by atoms with Crippen LogP contribution in [0.3, 0.4) is 0 Å². The molecule has 0 aliphatic heterocycles. The van der Waals surface area contributed by atoms with Crippen molar-refractivity contribution in [2.45, 2.75) is 32.7 Å². The number of amides is 1. The third-order valence-electron chi connectivity index (χ3n) is 6.38. The van der Waals surface area contributed by atoms with E-state index < -0.39 is 0 Å². The first-order valence-electron chi connectivity index (χ1n) is 10.9. The molecule has 1 unspecified atom stereocenters. The smallest absolute Gasteiger partial charge is 0.270 e. The van der Waals surface area contributed by atoms with Crippen molar-refractivity contribution in [3.63, 3.8) is 0 Å². The number of ether oxygens (including phenoxy) is 1. The van der Waals surface area contributed by atoms with Crippen LogP contribution in [0.2, 0.25) is 0 Å². The van der Waals surface area contributed by atoms with Crippen LogP contribution < -0.4 is 10.1 Å². The van der Waals surface area contributed by atoms with E-state index in [1.165, 1.54) is 0 Å². The number of aromatic amines is 1. The Hall–Kier alpha value is -3.61. The standard InChI is InChI=1S/C25H27N5O2/c1-14(2)21(24-26-18-9-5-6-10-19(18)30(24)3)27-25(31)23-17-13-12-15-16(22(17)28-29-23)8-7-11-20(15)32-4/h5-11,14,21H,12-13H2,1-4H3,(H,27,31)(H,28,29). The Morgan fingerprint density at radius 3 is 2.66 bits per heavy atom. The number of hydrogen-bond donors (Lipinski definition) is 2. The van der Waals surface area contributed by atoms with Gasteiger partial charge in [0.2, 0.25) is 0 Å². The van der Waals surface area contributed by atoms with Crippen molar-refractivity contribution < 1.29 is 9.53 Å². The van der Waals surface area contributed by atoms with Crippen LogP contribution in [-0.2, 0) is 19.9 Å². The lowest BCUT2D eigenvalue weighted by molar-refractivity contribution is 0.0916. The van der Waals surface area contributed by atoms with E-state index in [9.17, 15) is 4.79 Å². The zero-order valence-electron chi connectivity index (χ0n) is 18.8. The van der Waals surface area contributed by atoms with Crippen LogP contribution in [0.4, 0.5) is 0 Å². The van der Waals surface area contributed by atoms with Gasteiger partial charge in [-0.2, -0.15) is 5.10 Å². The Morgan fingerprint density at radius 1 is 1.12 bits per heavy atom. The van der Waals surface area contributed by atoms with Crippen molar-refractivity contribution in [2.75, 3.05) is 7.11 Å². The maximum Gasteiger partial charge on any atom is 0.270 e. The van der Waals surface area contributed by atoms with Crippen LogP contribution in [0.1, 0.15) is 47.3 Å². The number of methoxy groups -OCH3 is 1. The Bertz CT molecular complexity index is 1320. The second-order valence-corrected chi connectivity index (χ2v) is 8.63. The van der Waals surface area contributed by atoms with E-state index in [-0.39, 0.29) is 17.9 Å². The number of benzene rings is 2. The number of rotatable bonds is 5. The highest BCUT2D eigenvalue weighted by Gasteiger charge is 2.30. The molecule has 1 aliphatic carbocycles. The number of H-pyrrole nitrogens is 1. The van der Waals surface area contributed by atoms with E-state index in [1.807, 2.05) is 49.5 Å². The molecule has 7 heteroatoms. The summed E-state index contributed by atoms with van der Waals surface area (Å²) in [5.74, 6) is 1.72. The average molecular weight is 430 g/mol. The molecule has 2 aromatic carbocycles. The molecule has 2 heterocycles. The predicted molar refractivity (Wildman–Crippen MR) is 124 cm³/mol. The fourth-order valence-electron chi connectivity index (χ4n) is 4.69. The molecule has 0 spiro atoms. The molecule has 4 aromatic rings. The highest BCUT2D eigenvalue weighted by Crippen LogP contribution is 2.38. The summed E-state index contributed by atoms with van der Waals surface area (Å²) < 4.78 is 7.58. The van der Waals surface area contributed by atoms with Gasteiger partial charge in [-0.1, -0.05) is 38.1 Å². The van der Waals surface area contributed by atoms with Gasteiger partial charge < -0.3 is 14.6 Å². The SMILES string of the molecule is COc1cccc2c1CCc1c-2n[nH]c1C(=O)NC(c1nc2ccccc2n1C)C(C)C. The second kappa shape index (κ2) is 7.82. The number of para-hydroxylation sites is 2. The minimum Gasteiger partial charge on any atom is -0.496 e. The molecular formula is C25H27N5O2. The first-order chi connectivity index (χ1) is 15.5. The first kappa shape index (κ1) is 20.3. The average Bonchev–Trinajstić information content (AvgIpc) is 3.38. The normalized spacial score (nSPS) is 13.7. The van der Waals surface area contributed by atoms with Crippen LogP contribution >= 0.6 is 0 Å². The van der Waals surface area contributed by atoms with E-state index in [2.05, 4.69) is 33.9 Å². The lowest BCUT2D eigenvalue weighted by Crippen LogP contribution is -2.34. The molecule has 0 bridgehead atoms. The largest absolute Gasteiger partial charge is 0.496 e. The van der Waals surface area contributed by atoms with Gasteiger partial charge in [0.1, 0.15) is 17.3 Å². The zero-order chi connectivity index (χ0) is 22.4. The topological polar surface area (TPSA) is 84.8 Å². The predicted octanol–water partition coefficient (Wildman–Crippen LogP) is 4.20. The summed E-state index contributed by atoms with van der Waals surface area (Å²) in [4.78, 5) is 18.2. The van der Waals surface area contributed by atoms with Gasteiger partial charge in [0.25, 0.3) is 5.91 Å². The van der Waals surface area contributed by atoms with Gasteiger partial charge in [0, 0.05) is 23.7 Å². The van der Waals surface area contributed by atoms with Gasteiger partial charge in [0.05, 0.1) is 29.9 Å².